The number of aromatic hydroxyl groups is 2. The first kappa shape index (κ1) is 14.9. The molecule has 1 fully saturated rings. The van der Waals surface area contributed by atoms with E-state index in [-0.39, 0.29) is 0 Å². The van der Waals surface area contributed by atoms with E-state index < -0.39 is 0 Å². The Balaban J connectivity index is 1.50. The molecule has 1 aliphatic rings. The summed E-state index contributed by atoms with van der Waals surface area (Å²) < 4.78 is 0. The molecule has 2 aromatic carbocycles. The second kappa shape index (κ2) is 6.81. The molecule has 116 valence electrons. The monoisotopic (exact) mass is 298 g/mol. The van der Waals surface area contributed by atoms with E-state index in [9.17, 15) is 10.2 Å². The van der Waals surface area contributed by atoms with Gasteiger partial charge in [0.1, 0.15) is 11.5 Å². The summed E-state index contributed by atoms with van der Waals surface area (Å²) in [6.45, 7) is 5.86. The minimum atomic E-state index is 0.333. The van der Waals surface area contributed by atoms with Crippen molar-refractivity contribution in [3.8, 4) is 11.5 Å². The van der Waals surface area contributed by atoms with Crippen LogP contribution in [0.15, 0.2) is 48.5 Å². The first-order chi connectivity index (χ1) is 10.7. The molecule has 2 aromatic rings. The number of rotatable bonds is 4. The van der Waals surface area contributed by atoms with Crippen molar-refractivity contribution in [1.82, 2.24) is 9.80 Å². The lowest BCUT2D eigenvalue weighted by Gasteiger charge is -2.34. The van der Waals surface area contributed by atoms with Crippen LogP contribution in [0.4, 0.5) is 0 Å². The Morgan fingerprint density at radius 1 is 0.682 bits per heavy atom. The van der Waals surface area contributed by atoms with Crippen LogP contribution in [0.2, 0.25) is 0 Å². The Labute approximate surface area is 131 Å². The fourth-order valence-corrected chi connectivity index (χ4v) is 2.93. The largest absolute Gasteiger partial charge is 0.508 e. The van der Waals surface area contributed by atoms with Gasteiger partial charge in [0.15, 0.2) is 0 Å². The molecular weight excluding hydrogens is 276 g/mol. The van der Waals surface area contributed by atoms with Crippen LogP contribution in [0.3, 0.4) is 0 Å². The van der Waals surface area contributed by atoms with E-state index in [0.29, 0.717) is 11.5 Å². The molecule has 0 radical (unpaired) electrons. The van der Waals surface area contributed by atoms with Crippen molar-refractivity contribution in [2.75, 3.05) is 26.2 Å². The molecule has 0 spiro atoms. The zero-order chi connectivity index (χ0) is 15.4. The zero-order valence-electron chi connectivity index (χ0n) is 12.7. The number of piperazine rings is 1. The second-order valence-electron chi connectivity index (χ2n) is 5.89. The Morgan fingerprint density at radius 3 is 1.45 bits per heavy atom. The molecule has 1 saturated heterocycles. The average Bonchev–Trinajstić information content (AvgIpc) is 2.49. The van der Waals surface area contributed by atoms with Gasteiger partial charge in [-0.3, -0.25) is 9.80 Å². The molecule has 0 aliphatic carbocycles. The molecule has 0 atom stereocenters. The number of hydrogen-bond donors (Lipinski definition) is 2. The highest BCUT2D eigenvalue weighted by Gasteiger charge is 2.17. The number of phenolic OH excluding ortho intramolecular Hbond substituents is 2. The predicted octanol–water partition coefficient (Wildman–Crippen LogP) is 2.42. The van der Waals surface area contributed by atoms with Crippen LogP contribution in [-0.4, -0.2) is 46.2 Å². The van der Waals surface area contributed by atoms with E-state index >= 15 is 0 Å². The summed E-state index contributed by atoms with van der Waals surface area (Å²) in [6, 6.07) is 15.0. The maximum atomic E-state index is 9.52. The molecule has 2 N–H and O–H groups in total. The van der Waals surface area contributed by atoms with Crippen LogP contribution in [-0.2, 0) is 13.1 Å². The van der Waals surface area contributed by atoms with E-state index in [2.05, 4.69) is 21.9 Å². The molecule has 1 aliphatic heterocycles. The molecular formula is C18H22N2O2. The quantitative estimate of drug-likeness (QED) is 0.910. The van der Waals surface area contributed by atoms with Crippen molar-refractivity contribution in [2.45, 2.75) is 13.1 Å². The minimum Gasteiger partial charge on any atom is -0.508 e. The zero-order valence-corrected chi connectivity index (χ0v) is 12.7. The lowest BCUT2D eigenvalue weighted by atomic mass is 10.1. The van der Waals surface area contributed by atoms with Gasteiger partial charge < -0.3 is 10.2 Å². The average molecular weight is 298 g/mol. The van der Waals surface area contributed by atoms with E-state index in [1.165, 1.54) is 0 Å². The predicted molar refractivity (Wildman–Crippen MR) is 86.8 cm³/mol. The topological polar surface area (TPSA) is 46.9 Å². The Kier molecular flexibility index (Phi) is 4.61. The first-order valence-corrected chi connectivity index (χ1v) is 7.69. The van der Waals surface area contributed by atoms with Crippen LogP contribution in [0.25, 0.3) is 0 Å². The lowest BCUT2D eigenvalue weighted by molar-refractivity contribution is 0.122. The Hall–Kier alpha value is -2.04. The standard InChI is InChI=1S/C18H22N2O2/c21-17-5-1-3-15(11-17)13-19-7-9-20(10-8-19)14-16-4-2-6-18(22)12-16/h1-6,11-12,21-22H,7-10,13-14H2. The van der Waals surface area contributed by atoms with Crippen molar-refractivity contribution in [2.24, 2.45) is 0 Å². The van der Waals surface area contributed by atoms with Gasteiger partial charge >= 0.3 is 0 Å². The first-order valence-electron chi connectivity index (χ1n) is 7.69. The van der Waals surface area contributed by atoms with Gasteiger partial charge in [0.2, 0.25) is 0 Å². The Bertz CT molecular complexity index is 566. The molecule has 0 amide bonds. The van der Waals surface area contributed by atoms with Crippen molar-refractivity contribution < 1.29 is 10.2 Å². The van der Waals surface area contributed by atoms with Gasteiger partial charge in [0.05, 0.1) is 0 Å². The molecule has 0 saturated carbocycles. The number of hydrogen-bond acceptors (Lipinski definition) is 4. The van der Waals surface area contributed by atoms with Crippen molar-refractivity contribution in [1.29, 1.82) is 0 Å². The summed E-state index contributed by atoms with van der Waals surface area (Å²) in [5, 5.41) is 19.0. The fourth-order valence-electron chi connectivity index (χ4n) is 2.93. The van der Waals surface area contributed by atoms with Gasteiger partial charge in [-0.15, -0.1) is 0 Å². The van der Waals surface area contributed by atoms with Crippen LogP contribution in [0.1, 0.15) is 11.1 Å². The summed E-state index contributed by atoms with van der Waals surface area (Å²) in [5.41, 5.74) is 2.31. The fraction of sp³-hybridized carbons (Fsp3) is 0.333. The van der Waals surface area contributed by atoms with Crippen molar-refractivity contribution in [3.05, 3.63) is 59.7 Å². The summed E-state index contributed by atoms with van der Waals surface area (Å²) in [5.74, 6) is 0.667. The second-order valence-corrected chi connectivity index (χ2v) is 5.89. The molecule has 3 rings (SSSR count). The van der Waals surface area contributed by atoms with Gasteiger partial charge in [0, 0.05) is 39.3 Å². The highest BCUT2D eigenvalue weighted by atomic mass is 16.3. The van der Waals surface area contributed by atoms with Gasteiger partial charge in [0.25, 0.3) is 0 Å². The van der Waals surface area contributed by atoms with Crippen LogP contribution in [0.5, 0.6) is 11.5 Å². The SMILES string of the molecule is Oc1cccc(CN2CCN(Cc3cccc(O)c3)CC2)c1. The van der Waals surface area contributed by atoms with E-state index in [1.54, 1.807) is 12.1 Å². The van der Waals surface area contributed by atoms with Gasteiger partial charge in [-0.05, 0) is 35.4 Å². The summed E-state index contributed by atoms with van der Waals surface area (Å²) >= 11 is 0. The number of nitrogens with zero attached hydrogens (tertiary/aromatic N) is 2. The molecule has 0 aromatic heterocycles. The highest BCUT2D eigenvalue weighted by molar-refractivity contribution is 5.28. The maximum Gasteiger partial charge on any atom is 0.115 e. The number of phenols is 2. The third-order valence-electron chi connectivity index (χ3n) is 4.10. The lowest BCUT2D eigenvalue weighted by Crippen LogP contribution is -2.45. The van der Waals surface area contributed by atoms with Gasteiger partial charge in [-0.25, -0.2) is 0 Å². The summed E-state index contributed by atoms with van der Waals surface area (Å²) in [4.78, 5) is 4.82. The molecule has 4 heteroatoms. The molecule has 0 bridgehead atoms. The smallest absolute Gasteiger partial charge is 0.115 e. The van der Waals surface area contributed by atoms with Crippen LogP contribution < -0.4 is 0 Å². The third-order valence-corrected chi connectivity index (χ3v) is 4.10. The third kappa shape index (κ3) is 4.00. The normalized spacial score (nSPS) is 16.7. The number of benzene rings is 2. The molecule has 0 unspecified atom stereocenters. The van der Waals surface area contributed by atoms with E-state index in [4.69, 9.17) is 0 Å². The summed E-state index contributed by atoms with van der Waals surface area (Å²) in [7, 11) is 0. The van der Waals surface area contributed by atoms with Crippen LogP contribution >= 0.6 is 0 Å². The van der Waals surface area contributed by atoms with Crippen molar-refractivity contribution >= 4 is 0 Å². The van der Waals surface area contributed by atoms with Gasteiger partial charge in [-0.1, -0.05) is 24.3 Å². The molecule has 4 nitrogen and oxygen atoms in total. The summed E-state index contributed by atoms with van der Waals surface area (Å²) in [6.07, 6.45) is 0. The maximum absolute atomic E-state index is 9.52. The molecule has 1 heterocycles. The van der Waals surface area contributed by atoms with E-state index in [0.717, 1.165) is 50.4 Å². The van der Waals surface area contributed by atoms with Crippen LogP contribution in [0, 0.1) is 0 Å². The van der Waals surface area contributed by atoms with Gasteiger partial charge in [-0.2, -0.15) is 0 Å². The Morgan fingerprint density at radius 2 is 1.09 bits per heavy atom. The van der Waals surface area contributed by atoms with E-state index in [1.807, 2.05) is 24.3 Å². The van der Waals surface area contributed by atoms with Crippen molar-refractivity contribution in [3.63, 3.8) is 0 Å². The highest BCUT2D eigenvalue weighted by Crippen LogP contribution is 2.16. The molecule has 22 heavy (non-hydrogen) atoms. The minimum absolute atomic E-state index is 0.333.